The first kappa shape index (κ1) is 24.6. The van der Waals surface area contributed by atoms with E-state index in [1.165, 1.54) is 6.92 Å². The van der Waals surface area contributed by atoms with Crippen LogP contribution >= 0.6 is 22.9 Å². The van der Waals surface area contributed by atoms with Crippen molar-refractivity contribution in [3.8, 4) is 0 Å². The molecule has 0 spiro atoms. The second-order valence-electron chi connectivity index (χ2n) is 6.78. The van der Waals surface area contributed by atoms with Crippen LogP contribution in [0.3, 0.4) is 0 Å². The zero-order valence-electron chi connectivity index (χ0n) is 16.8. The topological polar surface area (TPSA) is 136 Å². The van der Waals surface area contributed by atoms with Crippen LogP contribution in [0.15, 0.2) is 5.16 Å². The van der Waals surface area contributed by atoms with Crippen molar-refractivity contribution in [2.75, 3.05) is 11.9 Å². The normalized spacial score (nSPS) is 12.8. The molecule has 0 saturated heterocycles. The van der Waals surface area contributed by atoms with Gasteiger partial charge in [-0.2, -0.15) is 0 Å². The fourth-order valence-electron chi connectivity index (χ4n) is 1.68. The van der Waals surface area contributed by atoms with Crippen molar-refractivity contribution in [3.05, 3.63) is 10.0 Å². The molecular weight excluding hydrogens is 426 g/mol. The maximum absolute atomic E-state index is 11.8. The summed E-state index contributed by atoms with van der Waals surface area (Å²) >= 11 is 6.85. The van der Waals surface area contributed by atoms with Crippen molar-refractivity contribution in [2.45, 2.75) is 59.2 Å². The summed E-state index contributed by atoms with van der Waals surface area (Å²) in [6.07, 6.45) is -0.351. The maximum atomic E-state index is 11.8. The Morgan fingerprint density at radius 2 is 2.00 bits per heavy atom. The monoisotopic (exact) mass is 449 g/mol. The number of halogens is 1. The number of unbranched alkanes of at least 4 members (excludes halogenated alkanes) is 1. The van der Waals surface area contributed by atoms with Crippen molar-refractivity contribution >= 4 is 51.8 Å². The number of carboxylic acids is 1. The molecule has 0 bridgehead atoms. The number of oxime groups is 1. The van der Waals surface area contributed by atoms with Gasteiger partial charge in [0.2, 0.25) is 11.8 Å². The summed E-state index contributed by atoms with van der Waals surface area (Å²) in [5.74, 6) is -2.16. The number of hydrogen-bond donors (Lipinski definition) is 2. The number of hydrogen-bond acceptors (Lipinski definition) is 9. The van der Waals surface area contributed by atoms with E-state index >= 15 is 0 Å². The first-order valence-corrected chi connectivity index (χ1v) is 9.94. The van der Waals surface area contributed by atoms with Crippen LogP contribution in [0.4, 0.5) is 9.93 Å². The third kappa shape index (κ3) is 8.65. The number of carboxylic acid groups (broad SMARTS) is 1. The van der Waals surface area contributed by atoms with Crippen LogP contribution in [0.1, 0.15) is 53.2 Å². The van der Waals surface area contributed by atoms with Gasteiger partial charge in [0, 0.05) is 0 Å². The molecule has 0 saturated carbocycles. The van der Waals surface area contributed by atoms with E-state index in [0.29, 0.717) is 6.42 Å². The SMILES string of the molecule is CCCCOC(=O)[C@H](C)ON=C(C(=O)O)c1nc(NC(=O)OC(C)(C)C)sc1Cl. The summed E-state index contributed by atoms with van der Waals surface area (Å²) in [6.45, 7) is 8.61. The van der Waals surface area contributed by atoms with Gasteiger partial charge in [-0.15, -0.1) is 0 Å². The van der Waals surface area contributed by atoms with E-state index in [9.17, 15) is 19.5 Å². The lowest BCUT2D eigenvalue weighted by molar-refractivity contribution is -0.156. The first-order valence-electron chi connectivity index (χ1n) is 8.75. The van der Waals surface area contributed by atoms with E-state index in [2.05, 4.69) is 15.5 Å². The molecule has 0 aromatic carbocycles. The third-order valence-corrected chi connectivity index (χ3v) is 4.17. The molecule has 1 rings (SSSR count). The van der Waals surface area contributed by atoms with E-state index < -0.39 is 35.4 Å². The highest BCUT2D eigenvalue weighted by atomic mass is 35.5. The highest BCUT2D eigenvalue weighted by Crippen LogP contribution is 2.29. The number of ether oxygens (including phenoxy) is 2. The quantitative estimate of drug-likeness (QED) is 0.252. The fourth-order valence-corrected chi connectivity index (χ4v) is 2.72. The Bertz CT molecular complexity index is 774. The minimum Gasteiger partial charge on any atom is -0.476 e. The van der Waals surface area contributed by atoms with E-state index in [1.54, 1.807) is 20.8 Å². The van der Waals surface area contributed by atoms with Gasteiger partial charge >= 0.3 is 18.0 Å². The van der Waals surface area contributed by atoms with E-state index in [4.69, 9.17) is 25.9 Å². The molecule has 29 heavy (non-hydrogen) atoms. The van der Waals surface area contributed by atoms with Crippen molar-refractivity contribution in [2.24, 2.45) is 5.16 Å². The molecule has 12 heteroatoms. The van der Waals surface area contributed by atoms with Gasteiger partial charge < -0.3 is 19.4 Å². The summed E-state index contributed by atoms with van der Waals surface area (Å²) in [5, 5.41) is 15.3. The second kappa shape index (κ2) is 11.0. The minimum absolute atomic E-state index is 0.0141. The summed E-state index contributed by atoms with van der Waals surface area (Å²) < 4.78 is 10.0. The van der Waals surface area contributed by atoms with E-state index in [1.807, 2.05) is 6.92 Å². The summed E-state index contributed by atoms with van der Waals surface area (Å²) in [5.41, 5.74) is -1.57. The van der Waals surface area contributed by atoms with Crippen LogP contribution in [0.25, 0.3) is 0 Å². The molecule has 0 aliphatic rings. The molecule has 0 aliphatic carbocycles. The van der Waals surface area contributed by atoms with Gasteiger partial charge in [-0.25, -0.2) is 19.4 Å². The third-order valence-electron chi connectivity index (χ3n) is 3.00. The number of anilines is 1. The highest BCUT2D eigenvalue weighted by molar-refractivity contribution is 7.20. The van der Waals surface area contributed by atoms with Crippen LogP contribution in [0.2, 0.25) is 4.34 Å². The van der Waals surface area contributed by atoms with Gasteiger partial charge in [0.25, 0.3) is 0 Å². The molecule has 1 heterocycles. The lowest BCUT2D eigenvalue weighted by Gasteiger charge is -2.18. The zero-order valence-corrected chi connectivity index (χ0v) is 18.3. The van der Waals surface area contributed by atoms with Gasteiger partial charge in [-0.05, 0) is 34.1 Å². The molecule has 0 aliphatic heterocycles. The Hall–Kier alpha value is -2.40. The molecular formula is C17H24ClN3O7S. The second-order valence-corrected chi connectivity index (χ2v) is 8.38. The molecule has 1 aromatic heterocycles. The number of aromatic nitrogens is 1. The minimum atomic E-state index is -1.48. The van der Waals surface area contributed by atoms with Crippen molar-refractivity contribution in [1.82, 2.24) is 4.98 Å². The van der Waals surface area contributed by atoms with Crippen LogP contribution in [0, 0.1) is 0 Å². The molecule has 0 fully saturated rings. The number of thiazole rings is 1. The number of amides is 1. The van der Waals surface area contributed by atoms with Crippen LogP contribution in [-0.2, 0) is 23.9 Å². The van der Waals surface area contributed by atoms with Gasteiger partial charge in [-0.1, -0.05) is 41.4 Å². The summed E-state index contributed by atoms with van der Waals surface area (Å²) in [4.78, 5) is 44.0. The highest BCUT2D eigenvalue weighted by Gasteiger charge is 2.25. The Balaban J connectivity index is 2.90. The molecule has 1 atom stereocenters. The number of aliphatic carboxylic acids is 1. The lowest BCUT2D eigenvalue weighted by atomic mass is 10.2. The predicted octanol–water partition coefficient (Wildman–Crippen LogP) is 3.68. The molecule has 10 nitrogen and oxygen atoms in total. The predicted molar refractivity (Wildman–Crippen MR) is 108 cm³/mol. The fraction of sp³-hybridized carbons (Fsp3) is 0.588. The Morgan fingerprint density at radius 1 is 1.34 bits per heavy atom. The van der Waals surface area contributed by atoms with Crippen LogP contribution in [-0.4, -0.2) is 52.1 Å². The molecule has 0 unspecified atom stereocenters. The van der Waals surface area contributed by atoms with Crippen molar-refractivity contribution in [1.29, 1.82) is 0 Å². The Kier molecular flexibility index (Phi) is 9.31. The number of nitrogens with one attached hydrogen (secondary N) is 1. The summed E-state index contributed by atoms with van der Waals surface area (Å²) in [6, 6.07) is 0. The number of nitrogens with zero attached hydrogens (tertiary/aromatic N) is 2. The first-order chi connectivity index (χ1) is 13.4. The van der Waals surface area contributed by atoms with E-state index in [0.717, 1.165) is 17.8 Å². The lowest BCUT2D eigenvalue weighted by Crippen LogP contribution is -2.27. The zero-order chi connectivity index (χ0) is 22.2. The van der Waals surface area contributed by atoms with Crippen molar-refractivity contribution in [3.63, 3.8) is 0 Å². The van der Waals surface area contributed by atoms with E-state index in [-0.39, 0.29) is 21.8 Å². The molecule has 1 amide bonds. The number of carbonyl (C=O) groups excluding carboxylic acids is 2. The molecule has 162 valence electrons. The van der Waals surface area contributed by atoms with Gasteiger partial charge in [0.15, 0.2) is 5.13 Å². The number of esters is 1. The Morgan fingerprint density at radius 3 is 2.55 bits per heavy atom. The van der Waals surface area contributed by atoms with Gasteiger partial charge in [-0.3, -0.25) is 5.32 Å². The number of rotatable bonds is 9. The largest absolute Gasteiger partial charge is 0.476 e. The maximum Gasteiger partial charge on any atom is 0.413 e. The number of carbonyl (C=O) groups is 3. The van der Waals surface area contributed by atoms with Gasteiger partial charge in [0.05, 0.1) is 6.61 Å². The standard InChI is InChI=1S/C17H24ClN3O7S/c1-6-7-8-26-14(24)9(2)28-21-11(13(22)23)10-12(18)29-15(19-10)20-16(25)27-17(3,4)5/h9H,6-8H2,1-5H3,(H,22,23)(H,19,20,25)/t9-/m0/s1. The molecule has 0 radical (unpaired) electrons. The summed E-state index contributed by atoms with van der Waals surface area (Å²) in [7, 11) is 0. The van der Waals surface area contributed by atoms with Crippen LogP contribution < -0.4 is 5.32 Å². The smallest absolute Gasteiger partial charge is 0.413 e. The van der Waals surface area contributed by atoms with Crippen molar-refractivity contribution < 1.29 is 33.8 Å². The van der Waals surface area contributed by atoms with Gasteiger partial charge in [0.1, 0.15) is 15.6 Å². The average Bonchev–Trinajstić information content (AvgIpc) is 2.92. The Labute approximate surface area is 177 Å². The molecule has 1 aromatic rings. The van der Waals surface area contributed by atoms with Crippen LogP contribution in [0.5, 0.6) is 0 Å². The average molecular weight is 450 g/mol. The molecule has 2 N–H and O–H groups in total.